The molecule has 0 radical (unpaired) electrons. The van der Waals surface area contributed by atoms with Crippen molar-refractivity contribution in [2.24, 2.45) is 0 Å². The predicted octanol–water partition coefficient (Wildman–Crippen LogP) is 6.08. The smallest absolute Gasteiger partial charge is 0.465 e. The summed E-state index contributed by atoms with van der Waals surface area (Å²) in [4.78, 5) is 42.9. The third-order valence-corrected chi connectivity index (χ3v) is 10.1. The molecular formula is C36H43Cl2F3N4O9S. The zero-order chi connectivity index (χ0) is 40.9. The number of ether oxygens (including phenoxy) is 3. The van der Waals surface area contributed by atoms with E-state index in [1.165, 1.54) is 4.90 Å². The van der Waals surface area contributed by atoms with Gasteiger partial charge < -0.3 is 29.5 Å². The predicted molar refractivity (Wildman–Crippen MR) is 198 cm³/mol. The molecule has 3 rings (SSSR count). The van der Waals surface area contributed by atoms with E-state index in [4.69, 9.17) is 32.7 Å². The fraction of sp³-hybridized carbons (Fsp3) is 0.417. The van der Waals surface area contributed by atoms with Gasteiger partial charge in [-0.25, -0.2) is 17.9 Å². The number of hydrogen-bond acceptors (Lipinski definition) is 8. The van der Waals surface area contributed by atoms with E-state index in [9.17, 15) is 41.1 Å². The van der Waals surface area contributed by atoms with Crippen LogP contribution in [0.1, 0.15) is 38.8 Å². The van der Waals surface area contributed by atoms with Gasteiger partial charge in [-0.05, 0) is 63.1 Å². The molecule has 0 aliphatic heterocycles. The number of sulfonamides is 1. The summed E-state index contributed by atoms with van der Waals surface area (Å²) < 4.78 is 82.4. The summed E-state index contributed by atoms with van der Waals surface area (Å²) in [5, 5.41) is 12.8. The van der Waals surface area contributed by atoms with Crippen molar-refractivity contribution in [1.82, 2.24) is 19.8 Å². The van der Waals surface area contributed by atoms with Gasteiger partial charge in [-0.2, -0.15) is 0 Å². The van der Waals surface area contributed by atoms with Crippen LogP contribution < -0.4 is 14.8 Å². The fourth-order valence-corrected chi connectivity index (χ4v) is 7.06. The zero-order valence-corrected chi connectivity index (χ0v) is 32.7. The van der Waals surface area contributed by atoms with Crippen LogP contribution in [0.15, 0.2) is 77.7 Å². The first-order valence-corrected chi connectivity index (χ1v) is 19.3. The van der Waals surface area contributed by atoms with Gasteiger partial charge >= 0.3 is 12.5 Å². The van der Waals surface area contributed by atoms with E-state index in [1.807, 2.05) is 0 Å². The Morgan fingerprint density at radius 1 is 0.891 bits per heavy atom. The zero-order valence-electron chi connectivity index (χ0n) is 30.4. The molecule has 2 unspecified atom stereocenters. The van der Waals surface area contributed by atoms with E-state index in [1.54, 1.807) is 82.3 Å². The van der Waals surface area contributed by atoms with E-state index in [0.717, 1.165) is 12.1 Å². The number of carbonyl (C=O) groups is 3. The molecule has 0 aromatic heterocycles. The maximum atomic E-state index is 14.3. The number of halogens is 5. The van der Waals surface area contributed by atoms with Gasteiger partial charge in [0.15, 0.2) is 6.29 Å². The van der Waals surface area contributed by atoms with Gasteiger partial charge in [-0.3, -0.25) is 14.5 Å². The van der Waals surface area contributed by atoms with E-state index in [0.29, 0.717) is 27.1 Å². The number of rotatable bonds is 20. The third kappa shape index (κ3) is 14.1. The van der Waals surface area contributed by atoms with E-state index in [-0.39, 0.29) is 32.7 Å². The summed E-state index contributed by atoms with van der Waals surface area (Å²) in [6, 6.07) is 13.2. The number of amides is 3. The largest absolute Gasteiger partial charge is 0.573 e. The van der Waals surface area contributed by atoms with Gasteiger partial charge in [-0.15, -0.1) is 13.2 Å². The minimum atomic E-state index is -5.07. The van der Waals surface area contributed by atoms with Gasteiger partial charge in [0, 0.05) is 49.9 Å². The Bertz CT molecular complexity index is 1830. The van der Waals surface area contributed by atoms with E-state index < -0.39 is 80.9 Å². The van der Waals surface area contributed by atoms with Crippen LogP contribution >= 0.6 is 23.2 Å². The summed E-state index contributed by atoms with van der Waals surface area (Å²) in [7, 11) is -4.69. The van der Waals surface area contributed by atoms with E-state index in [2.05, 4.69) is 14.8 Å². The second-order valence-corrected chi connectivity index (χ2v) is 14.8. The molecule has 3 N–H and O–H groups in total. The molecule has 0 aliphatic rings. The maximum absolute atomic E-state index is 14.3. The van der Waals surface area contributed by atoms with Gasteiger partial charge in [0.1, 0.15) is 22.7 Å². The second-order valence-electron chi connectivity index (χ2n) is 12.2. The number of carbonyl (C=O) groups excluding carboxylic acids is 2. The number of alkyl halides is 3. The van der Waals surface area contributed by atoms with Crippen molar-refractivity contribution < 1.29 is 55.3 Å². The van der Waals surface area contributed by atoms with Crippen molar-refractivity contribution in [2.45, 2.75) is 76.3 Å². The molecule has 0 saturated carbocycles. The Balaban J connectivity index is 2.04. The Morgan fingerprint density at radius 2 is 1.51 bits per heavy atom. The molecule has 3 amide bonds. The quantitative estimate of drug-likeness (QED) is 0.115. The Kier molecular flexibility index (Phi) is 17.0. The first-order chi connectivity index (χ1) is 25.8. The molecule has 0 aliphatic carbocycles. The summed E-state index contributed by atoms with van der Waals surface area (Å²) in [6.45, 7) is 6.34. The molecule has 3 aromatic rings. The van der Waals surface area contributed by atoms with Crippen molar-refractivity contribution >= 4 is 51.1 Å². The molecule has 0 fully saturated rings. The fourth-order valence-electron chi connectivity index (χ4n) is 5.36. The van der Waals surface area contributed by atoms with Gasteiger partial charge in [-0.1, -0.05) is 65.7 Å². The molecule has 0 bridgehead atoms. The Labute approximate surface area is 327 Å². The molecule has 19 heteroatoms. The highest BCUT2D eigenvalue weighted by atomic mass is 35.5. The van der Waals surface area contributed by atoms with Crippen LogP contribution in [0.25, 0.3) is 0 Å². The monoisotopic (exact) mass is 834 g/mol. The highest BCUT2D eigenvalue weighted by molar-refractivity contribution is 7.89. The maximum Gasteiger partial charge on any atom is 0.573 e. The minimum Gasteiger partial charge on any atom is -0.465 e. The van der Waals surface area contributed by atoms with Crippen LogP contribution in [-0.4, -0.2) is 98.3 Å². The normalized spacial score (nSPS) is 13.0. The van der Waals surface area contributed by atoms with Crippen LogP contribution in [0.3, 0.4) is 0 Å². The lowest BCUT2D eigenvalue weighted by molar-refractivity contribution is -0.274. The van der Waals surface area contributed by atoms with Gasteiger partial charge in [0.05, 0.1) is 11.6 Å². The average Bonchev–Trinajstić information content (AvgIpc) is 3.10. The Hall–Kier alpha value is -4.13. The van der Waals surface area contributed by atoms with Crippen LogP contribution in [0, 0.1) is 0 Å². The van der Waals surface area contributed by atoms with Crippen molar-refractivity contribution in [1.29, 1.82) is 0 Å². The first kappa shape index (κ1) is 45.3. The van der Waals surface area contributed by atoms with Gasteiger partial charge in [0.2, 0.25) is 21.8 Å². The summed E-state index contributed by atoms with van der Waals surface area (Å²) in [5.74, 6) is -2.39. The van der Waals surface area contributed by atoms with Crippen molar-refractivity contribution in [3.05, 3.63) is 94.0 Å². The molecule has 13 nitrogen and oxygen atoms in total. The lowest BCUT2D eigenvalue weighted by Gasteiger charge is -2.35. The molecule has 55 heavy (non-hydrogen) atoms. The van der Waals surface area contributed by atoms with Crippen molar-refractivity contribution in [3.63, 3.8) is 0 Å². The molecule has 0 heterocycles. The number of carboxylic acid groups (broad SMARTS) is 1. The number of benzene rings is 3. The molecule has 3 aromatic carbocycles. The number of nitrogens with one attached hydrogen (secondary N) is 2. The minimum absolute atomic E-state index is 0.0167. The van der Waals surface area contributed by atoms with Gasteiger partial charge in [0.25, 0.3) is 0 Å². The second kappa shape index (κ2) is 20.7. The first-order valence-electron chi connectivity index (χ1n) is 17.0. The standard InChI is InChI=1S/C36H43Cl2F3N4O9S/c1-5-52-32(53-6-2)22-44(23(3)4)34(47)29(18-24-12-14-26(37)15-13-24)43-33(46)30(45(35(48)49)21-25-10-8-7-9-11-25)20-42-55(50,51)31-17-16-27(19-28(31)38)54-36(39,40)41/h7-17,19,23,29-30,32,42H,5-6,18,20-22H2,1-4H3,(H,43,46)(H,48,49). The van der Waals surface area contributed by atoms with Crippen LogP contribution in [0.5, 0.6) is 5.75 Å². The summed E-state index contributed by atoms with van der Waals surface area (Å²) in [5.41, 5.74) is 1.04. The third-order valence-electron chi connectivity index (χ3n) is 7.94. The molecule has 2 atom stereocenters. The van der Waals surface area contributed by atoms with E-state index >= 15 is 0 Å². The van der Waals surface area contributed by atoms with Crippen molar-refractivity contribution in [3.8, 4) is 5.75 Å². The van der Waals surface area contributed by atoms with Crippen LogP contribution in [0.2, 0.25) is 10.0 Å². The van der Waals surface area contributed by atoms with Crippen molar-refractivity contribution in [2.75, 3.05) is 26.3 Å². The topological polar surface area (TPSA) is 164 Å². The Morgan fingerprint density at radius 3 is 2.04 bits per heavy atom. The van der Waals surface area contributed by atoms with Crippen LogP contribution in [0.4, 0.5) is 18.0 Å². The molecule has 0 spiro atoms. The molecular weight excluding hydrogens is 792 g/mol. The molecule has 302 valence electrons. The highest BCUT2D eigenvalue weighted by Crippen LogP contribution is 2.30. The molecule has 0 saturated heterocycles. The number of nitrogens with zero attached hydrogens (tertiary/aromatic N) is 2. The highest BCUT2D eigenvalue weighted by Gasteiger charge is 2.37. The summed E-state index contributed by atoms with van der Waals surface area (Å²) >= 11 is 12.1. The van der Waals surface area contributed by atoms with Crippen LogP contribution in [-0.2, 0) is 42.1 Å². The SMILES string of the molecule is CCOC(CN(C(=O)C(Cc1ccc(Cl)cc1)NC(=O)C(CNS(=O)(=O)c1ccc(OC(F)(F)F)cc1Cl)N(Cc1ccccc1)C(=O)O)C(C)C)OCC. The number of hydrogen-bond donors (Lipinski definition) is 3. The lowest BCUT2D eigenvalue weighted by atomic mass is 10.0. The summed E-state index contributed by atoms with van der Waals surface area (Å²) in [6.07, 6.45) is -7.56. The lowest BCUT2D eigenvalue weighted by Crippen LogP contribution is -2.59. The average molecular weight is 836 g/mol.